The first-order chi connectivity index (χ1) is 15.5. The molecule has 184 valence electrons. The number of aromatic nitrogens is 2. The van der Waals surface area contributed by atoms with Crippen molar-refractivity contribution in [3.05, 3.63) is 39.1 Å². The van der Waals surface area contributed by atoms with Crippen molar-refractivity contribution in [3.8, 4) is 0 Å². The number of rotatable bonds is 8. The van der Waals surface area contributed by atoms with Gasteiger partial charge in [-0.1, -0.05) is 23.2 Å². The van der Waals surface area contributed by atoms with Crippen molar-refractivity contribution in [2.24, 2.45) is 7.05 Å². The van der Waals surface area contributed by atoms with Crippen LogP contribution in [0.15, 0.2) is 17.0 Å². The van der Waals surface area contributed by atoms with E-state index < -0.39 is 10.4 Å². The molecule has 2 heterocycles. The second kappa shape index (κ2) is 10.6. The minimum absolute atomic E-state index is 0.298. The summed E-state index contributed by atoms with van der Waals surface area (Å²) >= 11 is 13.3. The lowest BCUT2D eigenvalue weighted by Gasteiger charge is -2.36. The lowest BCUT2D eigenvalue weighted by atomic mass is 10.1. The van der Waals surface area contributed by atoms with Gasteiger partial charge in [-0.15, -0.1) is 4.18 Å². The highest BCUT2D eigenvalue weighted by Gasteiger charge is 2.45. The summed E-state index contributed by atoms with van der Waals surface area (Å²) in [4.78, 5) is 2.79. The van der Waals surface area contributed by atoms with Crippen LogP contribution in [0, 0.1) is 13.8 Å². The average Bonchev–Trinajstić information content (AvgIpc) is 2.97. The Kier molecular flexibility index (Phi) is 8.51. The maximum Gasteiger partial charge on any atom is 0.353 e. The van der Waals surface area contributed by atoms with E-state index in [9.17, 15) is 4.21 Å². The van der Waals surface area contributed by atoms with Crippen LogP contribution >= 0.6 is 23.2 Å². The predicted molar refractivity (Wildman–Crippen MR) is 138 cm³/mol. The van der Waals surface area contributed by atoms with Crippen LogP contribution in [-0.4, -0.2) is 60.6 Å². The van der Waals surface area contributed by atoms with Gasteiger partial charge >= 0.3 is 10.4 Å². The third-order valence-corrected chi connectivity index (χ3v) is 9.39. The largest absolute Gasteiger partial charge is 0.353 e. The third-order valence-electron chi connectivity index (χ3n) is 6.26. The van der Waals surface area contributed by atoms with Gasteiger partial charge in [0.1, 0.15) is 15.7 Å². The first kappa shape index (κ1) is 26.4. The van der Waals surface area contributed by atoms with Crippen molar-refractivity contribution in [3.63, 3.8) is 0 Å². The van der Waals surface area contributed by atoms with Crippen LogP contribution in [0.3, 0.4) is 0 Å². The van der Waals surface area contributed by atoms with Crippen LogP contribution in [0.2, 0.25) is 10.0 Å². The Labute approximate surface area is 209 Å². The topological polar surface area (TPSA) is 62.6 Å². The van der Waals surface area contributed by atoms with Crippen molar-refractivity contribution in [1.29, 1.82) is 0 Å². The molecule has 2 aromatic rings. The van der Waals surface area contributed by atoms with Crippen molar-refractivity contribution in [1.82, 2.24) is 20.0 Å². The van der Waals surface area contributed by atoms with Gasteiger partial charge in [-0.25, -0.2) is 0 Å². The van der Waals surface area contributed by atoms with E-state index in [1.54, 1.807) is 16.0 Å². The molecule has 1 aromatic heterocycles. The van der Waals surface area contributed by atoms with Crippen LogP contribution in [0.1, 0.15) is 37.2 Å². The number of anilines is 1. The van der Waals surface area contributed by atoms with Crippen molar-refractivity contribution in [2.45, 2.75) is 57.5 Å². The summed E-state index contributed by atoms with van der Waals surface area (Å²) in [6, 6.07) is 4.73. The van der Waals surface area contributed by atoms with Gasteiger partial charge < -0.3 is 10.2 Å². The summed E-state index contributed by atoms with van der Waals surface area (Å²) in [7, 11) is 1.79. The Morgan fingerprint density at radius 3 is 2.27 bits per heavy atom. The van der Waals surface area contributed by atoms with Gasteiger partial charge in [0.05, 0.1) is 25.5 Å². The van der Waals surface area contributed by atoms with Crippen LogP contribution in [-0.2, 0) is 32.3 Å². The fourth-order valence-corrected chi connectivity index (χ4v) is 7.70. The highest BCUT2D eigenvalue weighted by molar-refractivity contribution is 8.00. The van der Waals surface area contributed by atoms with Crippen molar-refractivity contribution in [2.75, 3.05) is 38.1 Å². The molecule has 1 saturated heterocycles. The van der Waals surface area contributed by atoms with Gasteiger partial charge in [0.25, 0.3) is 4.90 Å². The minimum atomic E-state index is -3.20. The first-order valence-corrected chi connectivity index (χ1v) is 13.5. The lowest BCUT2D eigenvalue weighted by Crippen LogP contribution is -2.54. The van der Waals surface area contributed by atoms with Crippen LogP contribution in [0.5, 0.6) is 0 Å². The van der Waals surface area contributed by atoms with E-state index in [-0.39, 0.29) is 0 Å². The molecule has 1 aliphatic heterocycles. The quantitative estimate of drug-likeness (QED) is 0.525. The number of piperazine rings is 1. The molecular weight excluding hydrogens is 481 g/mol. The fourth-order valence-electron chi connectivity index (χ4n) is 4.80. The van der Waals surface area contributed by atoms with Gasteiger partial charge in [-0.05, 0) is 69.0 Å². The highest BCUT2D eigenvalue weighted by Crippen LogP contribution is 2.40. The zero-order valence-electron chi connectivity index (χ0n) is 20.6. The molecule has 0 amide bonds. The van der Waals surface area contributed by atoms with Crippen molar-refractivity contribution < 1.29 is 8.39 Å². The molecule has 3 atom stereocenters. The van der Waals surface area contributed by atoms with Crippen molar-refractivity contribution >= 4 is 39.3 Å². The minimum Gasteiger partial charge on any atom is -0.309 e. The van der Waals surface area contributed by atoms with E-state index in [1.807, 2.05) is 33.0 Å². The van der Waals surface area contributed by atoms with E-state index in [1.165, 1.54) is 7.11 Å². The standard InChI is InChI=1S/C23H36Cl2N5O2S/c1-15-13-30(14-16(2)26-15)10-8-9-19-11-20(24)23(21(25)12-19)33(31,32-7)29(6)22-17(3)27-28(5)18(22)4/h11-12,15-16,26H,8-10,13-14H2,1-7H3/q+1. The molecule has 3 rings (SSSR count). The molecule has 0 aliphatic carbocycles. The molecule has 7 nitrogen and oxygen atoms in total. The molecule has 0 saturated carbocycles. The molecule has 1 fully saturated rings. The van der Waals surface area contributed by atoms with Gasteiger partial charge in [0.2, 0.25) is 0 Å². The number of benzene rings is 1. The van der Waals surface area contributed by atoms with E-state index >= 15 is 0 Å². The Hall–Kier alpha value is -1.16. The number of halogens is 2. The summed E-state index contributed by atoms with van der Waals surface area (Å²) in [5, 5.41) is 8.69. The van der Waals surface area contributed by atoms with Crippen LogP contribution in [0.4, 0.5) is 5.69 Å². The number of hydrogen-bond donors (Lipinski definition) is 1. The van der Waals surface area contributed by atoms with Gasteiger partial charge in [0.15, 0.2) is 0 Å². The SMILES string of the molecule is CO[S+](=O)(c1c(Cl)cc(CCCN2CC(C)NC(C)C2)cc1Cl)N(C)c1c(C)nn(C)c1C. The fraction of sp³-hybridized carbons (Fsp3) is 0.609. The average molecular weight is 518 g/mol. The number of hydrogen-bond acceptors (Lipinski definition) is 5. The molecule has 1 aromatic carbocycles. The lowest BCUT2D eigenvalue weighted by molar-refractivity contribution is 0.172. The third kappa shape index (κ3) is 5.57. The molecule has 3 unspecified atom stereocenters. The molecule has 0 bridgehead atoms. The monoisotopic (exact) mass is 516 g/mol. The molecule has 1 N–H and O–H groups in total. The Morgan fingerprint density at radius 1 is 1.21 bits per heavy atom. The maximum absolute atomic E-state index is 14.1. The number of nitrogens with one attached hydrogen (secondary N) is 1. The predicted octanol–water partition coefficient (Wildman–Crippen LogP) is 4.43. The van der Waals surface area contributed by atoms with E-state index in [4.69, 9.17) is 27.4 Å². The van der Waals surface area contributed by atoms with E-state index in [2.05, 4.69) is 29.2 Å². The normalized spacial score (nSPS) is 21.2. The second-order valence-electron chi connectivity index (χ2n) is 9.00. The Morgan fingerprint density at radius 2 is 1.79 bits per heavy atom. The van der Waals surface area contributed by atoms with Crippen LogP contribution in [0.25, 0.3) is 0 Å². The second-order valence-corrected chi connectivity index (χ2v) is 12.1. The molecule has 0 radical (unpaired) electrons. The summed E-state index contributed by atoms with van der Waals surface area (Å²) in [5.41, 5.74) is 3.39. The molecule has 1 aliphatic rings. The maximum atomic E-state index is 14.1. The van der Waals surface area contributed by atoms with E-state index in [0.29, 0.717) is 27.0 Å². The van der Waals surface area contributed by atoms with Gasteiger partial charge in [-0.2, -0.15) is 9.40 Å². The first-order valence-electron chi connectivity index (χ1n) is 11.3. The molecule has 33 heavy (non-hydrogen) atoms. The molecule has 0 spiro atoms. The van der Waals surface area contributed by atoms with E-state index in [0.717, 1.165) is 55.1 Å². The Bertz CT molecular complexity index is 1010. The smallest absolute Gasteiger partial charge is 0.309 e. The van der Waals surface area contributed by atoms with Gasteiger partial charge in [0, 0.05) is 32.2 Å². The number of aryl methyl sites for hydroxylation is 3. The molecule has 10 heteroatoms. The zero-order chi connectivity index (χ0) is 24.5. The zero-order valence-corrected chi connectivity index (χ0v) is 22.9. The summed E-state index contributed by atoms with van der Waals surface area (Å²) in [6.45, 7) is 11.4. The summed E-state index contributed by atoms with van der Waals surface area (Å²) in [6.07, 6.45) is 1.84. The summed E-state index contributed by atoms with van der Waals surface area (Å²) in [5.74, 6) is 0. The van der Waals surface area contributed by atoms with Crippen LogP contribution < -0.4 is 9.62 Å². The molecular formula is C23H36Cl2N5O2S+. The summed E-state index contributed by atoms with van der Waals surface area (Å²) < 4.78 is 23.0. The highest BCUT2D eigenvalue weighted by atomic mass is 35.5. The Balaban J connectivity index is 1.80. The number of nitrogens with zero attached hydrogens (tertiary/aromatic N) is 4. The van der Waals surface area contributed by atoms with Gasteiger partial charge in [-0.3, -0.25) is 4.68 Å².